The molecule has 248 valence electrons. The summed E-state index contributed by atoms with van der Waals surface area (Å²) >= 11 is 0. The van der Waals surface area contributed by atoms with Crippen molar-refractivity contribution in [3.63, 3.8) is 0 Å². The van der Waals surface area contributed by atoms with Crippen LogP contribution < -0.4 is 24.3 Å². The van der Waals surface area contributed by atoms with Gasteiger partial charge in [0.05, 0.1) is 14.2 Å². The fraction of sp³-hybridized carbons (Fsp3) is 0.424. The lowest BCUT2D eigenvalue weighted by Crippen LogP contribution is -2.27. The molecule has 0 spiro atoms. The lowest BCUT2D eigenvalue weighted by Gasteiger charge is -2.11. The third-order valence-electron chi connectivity index (χ3n) is 6.21. The van der Waals surface area contributed by atoms with Crippen LogP contribution >= 0.6 is 0 Å². The summed E-state index contributed by atoms with van der Waals surface area (Å²) in [5.74, 6) is -1.09. The molecule has 0 radical (unpaired) electrons. The van der Waals surface area contributed by atoms with E-state index in [9.17, 15) is 22.8 Å². The van der Waals surface area contributed by atoms with E-state index in [-0.39, 0.29) is 5.97 Å². The van der Waals surface area contributed by atoms with Crippen LogP contribution in [0.5, 0.6) is 23.0 Å². The minimum atomic E-state index is -5.08. The van der Waals surface area contributed by atoms with E-state index in [0.717, 1.165) is 68.9 Å². The van der Waals surface area contributed by atoms with Gasteiger partial charge in [-0.25, -0.2) is 9.59 Å². The molecule has 0 saturated heterocycles. The van der Waals surface area contributed by atoms with Crippen LogP contribution in [0.1, 0.15) is 62.5 Å². The number of allylic oxidation sites excluding steroid dienone is 2. The maximum absolute atomic E-state index is 12.2. The summed E-state index contributed by atoms with van der Waals surface area (Å²) < 4.78 is 53.3. The van der Waals surface area contributed by atoms with E-state index in [1.54, 1.807) is 26.4 Å². The number of carboxylic acids is 1. The molecule has 2 aromatic rings. The quantitative estimate of drug-likeness (QED) is 0.0742. The van der Waals surface area contributed by atoms with Gasteiger partial charge in [-0.1, -0.05) is 56.4 Å². The van der Waals surface area contributed by atoms with Gasteiger partial charge in [-0.15, -0.1) is 13.2 Å². The zero-order valence-electron chi connectivity index (χ0n) is 25.8. The van der Waals surface area contributed by atoms with E-state index in [1.165, 1.54) is 0 Å². The van der Waals surface area contributed by atoms with E-state index in [0.29, 0.717) is 36.0 Å². The first-order valence-electron chi connectivity index (χ1n) is 14.5. The average Bonchev–Trinajstić information content (AvgIpc) is 2.99. The lowest BCUT2D eigenvalue weighted by atomic mass is 10.1. The molecule has 0 fully saturated rings. The number of methoxy groups -OCH3 is 2. The van der Waals surface area contributed by atoms with Crippen LogP contribution in [0.3, 0.4) is 0 Å². The van der Waals surface area contributed by atoms with Crippen molar-refractivity contribution in [2.75, 3.05) is 20.8 Å². The van der Waals surface area contributed by atoms with Gasteiger partial charge < -0.3 is 29.4 Å². The topological polar surface area (TPSA) is 120 Å². The number of carbonyl (C=O) groups is 3. The highest BCUT2D eigenvalue weighted by Gasteiger charge is 2.38. The Morgan fingerprint density at radius 3 is 1.64 bits per heavy atom. The number of ether oxygens (including phenoxy) is 4. The second-order valence-corrected chi connectivity index (χ2v) is 9.77. The number of carbonyl (C=O) groups excluding carboxylic acids is 2. The molecular formula is C33H42F3NO8. The number of aliphatic carboxylic acids is 1. The molecule has 0 saturated carbocycles. The zero-order valence-corrected chi connectivity index (χ0v) is 25.8. The molecule has 2 rings (SSSR count). The highest BCUT2D eigenvalue weighted by atomic mass is 19.4. The Bertz CT molecular complexity index is 1160. The van der Waals surface area contributed by atoms with Gasteiger partial charge in [0.15, 0.2) is 23.0 Å². The number of halogens is 3. The number of unbranched alkanes of at least 4 members (excludes halogenated alkanes) is 6. The van der Waals surface area contributed by atoms with Crippen LogP contribution in [-0.2, 0) is 22.4 Å². The van der Waals surface area contributed by atoms with Crippen LogP contribution in [0, 0.1) is 0 Å². The van der Waals surface area contributed by atoms with Gasteiger partial charge in [0.2, 0.25) is 0 Å². The molecule has 0 aliphatic rings. The van der Waals surface area contributed by atoms with Crippen molar-refractivity contribution < 1.29 is 51.6 Å². The molecule has 0 unspecified atom stereocenters. The predicted molar refractivity (Wildman–Crippen MR) is 164 cm³/mol. The predicted octanol–water partition coefficient (Wildman–Crippen LogP) is 7.61. The minimum Gasteiger partial charge on any atom is -0.493 e. The Kier molecular flexibility index (Phi) is 18.2. The van der Waals surface area contributed by atoms with Crippen LogP contribution in [-0.4, -0.2) is 50.1 Å². The van der Waals surface area contributed by atoms with Gasteiger partial charge in [-0.3, -0.25) is 4.79 Å². The van der Waals surface area contributed by atoms with Crippen molar-refractivity contribution in [3.8, 4) is 23.0 Å². The highest BCUT2D eigenvalue weighted by molar-refractivity contribution is 5.73. The summed E-state index contributed by atoms with van der Waals surface area (Å²) in [6, 6.07) is 11.0. The molecule has 12 heteroatoms. The molecule has 0 bridgehead atoms. The Labute approximate surface area is 262 Å². The third-order valence-corrected chi connectivity index (χ3v) is 6.21. The Morgan fingerprint density at radius 1 is 0.756 bits per heavy atom. The maximum atomic E-state index is 12.2. The van der Waals surface area contributed by atoms with Crippen molar-refractivity contribution in [2.45, 2.75) is 70.4 Å². The second kappa shape index (κ2) is 21.3. The SMILES string of the molecule is C=CCc1ccc(OC(=O)CCCCCCCCCNC(=O)Oc2ccc(CC=C)cc2OC)c(OC)c1.O=C(O)C(F)(F)F. The van der Waals surface area contributed by atoms with E-state index in [2.05, 4.69) is 18.5 Å². The van der Waals surface area contributed by atoms with Crippen LogP contribution in [0.2, 0.25) is 0 Å². The van der Waals surface area contributed by atoms with Crippen molar-refractivity contribution in [2.24, 2.45) is 0 Å². The van der Waals surface area contributed by atoms with E-state index >= 15 is 0 Å². The number of hydrogen-bond donors (Lipinski definition) is 2. The Hall–Kier alpha value is -4.48. The summed E-state index contributed by atoms with van der Waals surface area (Å²) in [6.07, 6.45) is 6.78. The van der Waals surface area contributed by atoms with E-state index in [1.807, 2.05) is 36.4 Å². The van der Waals surface area contributed by atoms with Gasteiger partial charge in [0, 0.05) is 13.0 Å². The Morgan fingerprint density at radius 2 is 1.20 bits per heavy atom. The fourth-order valence-electron chi connectivity index (χ4n) is 3.96. The summed E-state index contributed by atoms with van der Waals surface area (Å²) in [5, 5.41) is 9.91. The molecule has 0 aliphatic carbocycles. The second-order valence-electron chi connectivity index (χ2n) is 9.77. The fourth-order valence-corrected chi connectivity index (χ4v) is 3.96. The molecule has 0 heterocycles. The molecule has 9 nitrogen and oxygen atoms in total. The van der Waals surface area contributed by atoms with Crippen LogP contribution in [0.4, 0.5) is 18.0 Å². The van der Waals surface area contributed by atoms with Gasteiger partial charge >= 0.3 is 24.2 Å². The number of alkyl halides is 3. The summed E-state index contributed by atoms with van der Waals surface area (Å²) in [4.78, 5) is 33.2. The average molecular weight is 638 g/mol. The van der Waals surface area contributed by atoms with Crippen molar-refractivity contribution in [1.29, 1.82) is 0 Å². The van der Waals surface area contributed by atoms with Gasteiger partial charge in [-0.2, -0.15) is 13.2 Å². The van der Waals surface area contributed by atoms with Gasteiger partial charge in [0.1, 0.15) is 0 Å². The largest absolute Gasteiger partial charge is 0.493 e. The Balaban J connectivity index is 0.00000129. The van der Waals surface area contributed by atoms with Crippen LogP contribution in [0.25, 0.3) is 0 Å². The summed E-state index contributed by atoms with van der Waals surface area (Å²) in [6.45, 7) is 8.02. The first kappa shape index (κ1) is 38.5. The molecule has 1 amide bonds. The number of rotatable bonds is 18. The summed E-state index contributed by atoms with van der Waals surface area (Å²) in [7, 11) is 3.11. The number of carboxylic acid groups (broad SMARTS) is 1. The monoisotopic (exact) mass is 637 g/mol. The van der Waals surface area contributed by atoms with E-state index in [4.69, 9.17) is 28.8 Å². The molecule has 0 aliphatic heterocycles. The maximum Gasteiger partial charge on any atom is 0.490 e. The number of nitrogens with one attached hydrogen (secondary N) is 1. The zero-order chi connectivity index (χ0) is 33.7. The minimum absolute atomic E-state index is 0.247. The molecule has 2 aromatic carbocycles. The normalized spacial score (nSPS) is 10.5. The number of benzene rings is 2. The molecule has 45 heavy (non-hydrogen) atoms. The lowest BCUT2D eigenvalue weighted by molar-refractivity contribution is -0.192. The standard InChI is InChI=1S/C31H41NO6.C2HF3O2/c1-5-14-24-17-19-26(28(22-24)35-3)37-30(33)16-12-10-8-7-9-11-13-21-32-31(34)38-27-20-18-25(15-6-2)23-29(27)36-4;3-2(4,5)1(6)7/h5-6,17-20,22-23H,1-2,7-16,21H2,3-4H3,(H,32,34);(H,6,7). The smallest absolute Gasteiger partial charge is 0.490 e. The molecular weight excluding hydrogens is 595 g/mol. The molecule has 0 aromatic heterocycles. The third kappa shape index (κ3) is 16.2. The molecule has 0 atom stereocenters. The van der Waals surface area contributed by atoms with Crippen LogP contribution in [0.15, 0.2) is 61.7 Å². The summed E-state index contributed by atoms with van der Waals surface area (Å²) in [5.41, 5.74) is 2.09. The van der Waals surface area contributed by atoms with E-state index < -0.39 is 18.2 Å². The van der Waals surface area contributed by atoms with Crippen molar-refractivity contribution >= 4 is 18.0 Å². The number of esters is 1. The van der Waals surface area contributed by atoms with Crippen molar-refractivity contribution in [3.05, 3.63) is 72.8 Å². The highest BCUT2D eigenvalue weighted by Crippen LogP contribution is 2.29. The molecule has 2 N–H and O–H groups in total. The number of amides is 1. The first-order valence-corrected chi connectivity index (χ1v) is 14.5. The van der Waals surface area contributed by atoms with Gasteiger partial charge in [0.25, 0.3) is 0 Å². The van der Waals surface area contributed by atoms with Crippen molar-refractivity contribution in [1.82, 2.24) is 5.32 Å². The first-order chi connectivity index (χ1) is 21.4. The van der Waals surface area contributed by atoms with Gasteiger partial charge in [-0.05, 0) is 61.1 Å². The number of hydrogen-bond acceptors (Lipinski definition) is 7.